The number of hydrogen-bond donors (Lipinski definition) is 1. The molecule has 1 fully saturated rings. The van der Waals surface area contributed by atoms with Crippen LogP contribution in [0.15, 0.2) is 54.7 Å². The van der Waals surface area contributed by atoms with Crippen LogP contribution in [-0.4, -0.2) is 36.7 Å². The molecular weight excluding hydrogens is 480 g/mol. The molecule has 1 aromatic heterocycles. The van der Waals surface area contributed by atoms with Gasteiger partial charge < -0.3 is 19.7 Å². The Labute approximate surface area is 203 Å². The Balaban J connectivity index is 1.49. The van der Waals surface area contributed by atoms with Gasteiger partial charge in [-0.2, -0.15) is 14.0 Å². The molecule has 11 heteroatoms. The summed E-state index contributed by atoms with van der Waals surface area (Å²) in [7, 11) is 0. The van der Waals surface area contributed by atoms with Crippen LogP contribution in [0.25, 0.3) is 0 Å². The van der Waals surface area contributed by atoms with E-state index in [1.54, 1.807) is 12.1 Å². The maximum absolute atomic E-state index is 13.9. The van der Waals surface area contributed by atoms with Crippen molar-refractivity contribution in [2.24, 2.45) is 0 Å². The number of pyridine rings is 1. The number of benzene rings is 2. The molecule has 1 N–H and O–H groups in total. The van der Waals surface area contributed by atoms with E-state index in [2.05, 4.69) is 15.0 Å². The third-order valence-electron chi connectivity index (χ3n) is 5.56. The summed E-state index contributed by atoms with van der Waals surface area (Å²) in [5.41, 5.74) is 0.998. The molecule has 3 aromatic rings. The number of nitrogens with one attached hydrogen (secondary N) is 1. The number of ether oxygens (including phenoxy) is 2. The van der Waals surface area contributed by atoms with Crippen molar-refractivity contribution in [3.05, 3.63) is 77.5 Å². The quantitative estimate of drug-likeness (QED) is 0.453. The molecule has 0 spiro atoms. The first-order chi connectivity index (χ1) is 17.3. The number of nitriles is 1. The van der Waals surface area contributed by atoms with E-state index < -0.39 is 30.0 Å². The van der Waals surface area contributed by atoms with E-state index in [1.165, 1.54) is 30.5 Å². The second-order valence-corrected chi connectivity index (χ2v) is 7.91. The summed E-state index contributed by atoms with van der Waals surface area (Å²) >= 11 is 0. The number of hydrogen-bond acceptors (Lipinski definition) is 6. The molecule has 4 rings (SSSR count). The van der Waals surface area contributed by atoms with Gasteiger partial charge in [0.25, 0.3) is 5.91 Å². The van der Waals surface area contributed by atoms with Crippen LogP contribution < -0.4 is 19.7 Å². The molecule has 1 aliphatic heterocycles. The highest BCUT2D eigenvalue weighted by atomic mass is 19.3. The first-order valence-electron chi connectivity index (χ1n) is 11.0. The second-order valence-electron chi connectivity index (χ2n) is 7.91. The second kappa shape index (κ2) is 10.9. The van der Waals surface area contributed by atoms with Gasteiger partial charge in [-0.25, -0.2) is 13.8 Å². The standard InChI is InChI=1S/C25H20F4N4O3/c26-16-4-6-22(19(27)13-16)35-17-7-10-33(11-8-17)21-5-3-15(14-30)12-20(21)32-23(34)18-2-1-9-31-24(18)36-25(28)29/h1-6,9,12-13,17,25H,7-8,10-11H2,(H,32,34). The van der Waals surface area contributed by atoms with E-state index in [4.69, 9.17) is 4.74 Å². The molecule has 7 nitrogen and oxygen atoms in total. The Bertz CT molecular complexity index is 1290. The van der Waals surface area contributed by atoms with Crippen molar-refractivity contribution < 1.29 is 31.8 Å². The number of rotatable bonds is 7. The lowest BCUT2D eigenvalue weighted by molar-refractivity contribution is -0.0531. The summed E-state index contributed by atoms with van der Waals surface area (Å²) in [5.74, 6) is -2.75. The molecule has 36 heavy (non-hydrogen) atoms. The van der Waals surface area contributed by atoms with E-state index in [-0.39, 0.29) is 23.0 Å². The Hall–Kier alpha value is -4.33. The number of piperidine rings is 1. The van der Waals surface area contributed by atoms with Crippen LogP contribution in [0.5, 0.6) is 11.6 Å². The lowest BCUT2D eigenvalue weighted by Crippen LogP contribution is -2.38. The first kappa shape index (κ1) is 24.8. The van der Waals surface area contributed by atoms with Gasteiger partial charge in [0.05, 0.1) is 23.0 Å². The maximum Gasteiger partial charge on any atom is 0.388 e. The van der Waals surface area contributed by atoms with Crippen LogP contribution in [0.1, 0.15) is 28.8 Å². The number of carbonyl (C=O) groups excluding carboxylic acids is 1. The summed E-state index contributed by atoms with van der Waals surface area (Å²) < 4.78 is 62.6. The van der Waals surface area contributed by atoms with Gasteiger partial charge in [-0.3, -0.25) is 4.79 Å². The fourth-order valence-electron chi connectivity index (χ4n) is 3.88. The van der Waals surface area contributed by atoms with Crippen molar-refractivity contribution in [2.75, 3.05) is 23.3 Å². The van der Waals surface area contributed by atoms with Gasteiger partial charge in [0.1, 0.15) is 17.5 Å². The van der Waals surface area contributed by atoms with Crippen molar-refractivity contribution in [3.8, 4) is 17.7 Å². The number of anilines is 2. The van der Waals surface area contributed by atoms with E-state index in [1.807, 2.05) is 11.0 Å². The number of alkyl halides is 2. The maximum atomic E-state index is 13.9. The van der Waals surface area contributed by atoms with Gasteiger partial charge in [0, 0.05) is 38.2 Å². The predicted octanol–water partition coefficient (Wildman–Crippen LogP) is 5.13. The van der Waals surface area contributed by atoms with Crippen LogP contribution in [0, 0.1) is 23.0 Å². The third-order valence-corrected chi connectivity index (χ3v) is 5.56. The summed E-state index contributed by atoms with van der Waals surface area (Å²) in [6.45, 7) is -2.19. The molecular formula is C25H20F4N4O3. The van der Waals surface area contributed by atoms with Gasteiger partial charge in [-0.1, -0.05) is 0 Å². The van der Waals surface area contributed by atoms with Gasteiger partial charge in [-0.15, -0.1) is 0 Å². The number of amides is 1. The van der Waals surface area contributed by atoms with Gasteiger partial charge in [0.15, 0.2) is 11.6 Å². The molecule has 0 bridgehead atoms. The van der Waals surface area contributed by atoms with Crippen LogP contribution >= 0.6 is 0 Å². The van der Waals surface area contributed by atoms with Gasteiger partial charge >= 0.3 is 6.61 Å². The molecule has 186 valence electrons. The van der Waals surface area contributed by atoms with E-state index in [0.29, 0.717) is 37.3 Å². The average Bonchev–Trinajstić information content (AvgIpc) is 2.86. The Morgan fingerprint density at radius 3 is 2.61 bits per heavy atom. The fraction of sp³-hybridized carbons (Fsp3) is 0.240. The summed E-state index contributed by atoms with van der Waals surface area (Å²) in [5, 5.41) is 12.0. The topological polar surface area (TPSA) is 87.5 Å². The average molecular weight is 500 g/mol. The number of carbonyl (C=O) groups is 1. The first-order valence-corrected chi connectivity index (χ1v) is 11.0. The molecule has 2 heterocycles. The molecule has 0 radical (unpaired) electrons. The van der Waals surface area contributed by atoms with Crippen LogP contribution in [0.4, 0.5) is 28.9 Å². The normalized spacial score (nSPS) is 13.8. The molecule has 0 saturated carbocycles. The molecule has 1 amide bonds. The molecule has 0 atom stereocenters. The SMILES string of the molecule is N#Cc1ccc(N2CCC(Oc3ccc(F)cc3F)CC2)c(NC(=O)c2cccnc2OC(F)F)c1. The van der Waals surface area contributed by atoms with Crippen molar-refractivity contribution in [2.45, 2.75) is 25.6 Å². The highest BCUT2D eigenvalue weighted by Gasteiger charge is 2.25. The molecule has 2 aromatic carbocycles. The minimum Gasteiger partial charge on any atom is -0.487 e. The molecule has 0 aliphatic carbocycles. The number of halogens is 4. The minimum absolute atomic E-state index is 0.0283. The highest BCUT2D eigenvalue weighted by Crippen LogP contribution is 2.32. The van der Waals surface area contributed by atoms with Crippen molar-refractivity contribution in [1.29, 1.82) is 5.26 Å². The van der Waals surface area contributed by atoms with Crippen molar-refractivity contribution in [1.82, 2.24) is 4.98 Å². The Kier molecular flexibility index (Phi) is 7.53. The number of nitrogens with zero attached hydrogens (tertiary/aromatic N) is 3. The summed E-state index contributed by atoms with van der Waals surface area (Å²) in [6, 6.07) is 12.6. The highest BCUT2D eigenvalue weighted by molar-refractivity contribution is 6.07. The zero-order chi connectivity index (χ0) is 25.7. The minimum atomic E-state index is -3.16. The van der Waals surface area contributed by atoms with Crippen LogP contribution in [0.3, 0.4) is 0 Å². The largest absolute Gasteiger partial charge is 0.487 e. The van der Waals surface area contributed by atoms with E-state index in [0.717, 1.165) is 12.1 Å². The van der Waals surface area contributed by atoms with Gasteiger partial charge in [-0.05, 0) is 42.5 Å². The molecule has 1 aliphatic rings. The van der Waals surface area contributed by atoms with E-state index in [9.17, 15) is 27.6 Å². The van der Waals surface area contributed by atoms with Crippen LogP contribution in [-0.2, 0) is 0 Å². The third kappa shape index (κ3) is 5.83. The van der Waals surface area contributed by atoms with Crippen molar-refractivity contribution >= 4 is 17.3 Å². The zero-order valence-electron chi connectivity index (χ0n) is 18.8. The lowest BCUT2D eigenvalue weighted by Gasteiger charge is -2.35. The van der Waals surface area contributed by atoms with Gasteiger partial charge in [0.2, 0.25) is 5.88 Å². The Morgan fingerprint density at radius 2 is 1.92 bits per heavy atom. The number of aromatic nitrogens is 1. The smallest absolute Gasteiger partial charge is 0.388 e. The summed E-state index contributed by atoms with van der Waals surface area (Å²) in [6.07, 6.45) is 1.95. The Morgan fingerprint density at radius 1 is 1.14 bits per heavy atom. The fourth-order valence-corrected chi connectivity index (χ4v) is 3.88. The lowest BCUT2D eigenvalue weighted by atomic mass is 10.1. The molecule has 0 unspecified atom stereocenters. The predicted molar refractivity (Wildman–Crippen MR) is 122 cm³/mol. The van der Waals surface area contributed by atoms with E-state index >= 15 is 0 Å². The monoisotopic (exact) mass is 500 g/mol. The molecule has 1 saturated heterocycles. The van der Waals surface area contributed by atoms with Crippen LogP contribution in [0.2, 0.25) is 0 Å². The van der Waals surface area contributed by atoms with Crippen molar-refractivity contribution in [3.63, 3.8) is 0 Å². The summed E-state index contributed by atoms with van der Waals surface area (Å²) in [4.78, 5) is 18.6. The zero-order valence-corrected chi connectivity index (χ0v) is 18.8.